The topological polar surface area (TPSA) is 61.4 Å². The molecule has 28 heavy (non-hydrogen) atoms. The van der Waals surface area contributed by atoms with E-state index >= 15 is 0 Å². The Morgan fingerprint density at radius 3 is 2.21 bits per heavy atom. The number of carbonyl (C=O) groups excluding carboxylic acids is 2. The van der Waals surface area contributed by atoms with Gasteiger partial charge in [0.2, 0.25) is 5.91 Å². The first-order valence-electron chi connectivity index (χ1n) is 8.76. The second-order valence-electron chi connectivity index (χ2n) is 6.16. The van der Waals surface area contributed by atoms with Gasteiger partial charge in [0.1, 0.15) is 0 Å². The van der Waals surface area contributed by atoms with Crippen molar-refractivity contribution in [3.05, 3.63) is 88.9 Å². The monoisotopic (exact) mass is 437 g/mol. The lowest BCUT2D eigenvalue weighted by molar-refractivity contribution is -0.114. The molecule has 2 amide bonds. The van der Waals surface area contributed by atoms with Crippen LogP contribution in [0.1, 0.15) is 10.4 Å². The third-order valence-electron chi connectivity index (χ3n) is 4.18. The molecule has 5 nitrogen and oxygen atoms in total. The van der Waals surface area contributed by atoms with Crippen molar-refractivity contribution < 1.29 is 9.59 Å². The number of nitrogens with one attached hydrogen (secondary N) is 2. The summed E-state index contributed by atoms with van der Waals surface area (Å²) in [5.41, 5.74) is 2.90. The largest absolute Gasteiger partial charge is 0.376 e. The van der Waals surface area contributed by atoms with E-state index in [1.807, 2.05) is 54.6 Å². The van der Waals surface area contributed by atoms with Crippen LogP contribution in [0.3, 0.4) is 0 Å². The fraction of sp³-hybridized carbons (Fsp3) is 0.0909. The number of benzene rings is 3. The predicted octanol–water partition coefficient (Wildman–Crippen LogP) is 4.78. The number of para-hydroxylation sites is 2. The molecule has 6 heteroatoms. The first-order chi connectivity index (χ1) is 13.5. The Kier molecular flexibility index (Phi) is 6.45. The number of anilines is 3. The normalized spacial score (nSPS) is 10.2. The van der Waals surface area contributed by atoms with Crippen LogP contribution in [0.4, 0.5) is 17.1 Å². The lowest BCUT2D eigenvalue weighted by atomic mass is 10.1. The summed E-state index contributed by atoms with van der Waals surface area (Å²) in [7, 11) is 1.75. The number of hydrogen-bond acceptors (Lipinski definition) is 3. The zero-order chi connectivity index (χ0) is 19.9. The molecule has 142 valence electrons. The molecular formula is C22H20BrN3O2. The molecule has 0 spiro atoms. The van der Waals surface area contributed by atoms with E-state index < -0.39 is 0 Å². The Bertz CT molecular complexity index is 959. The van der Waals surface area contributed by atoms with Gasteiger partial charge >= 0.3 is 0 Å². The highest BCUT2D eigenvalue weighted by Crippen LogP contribution is 2.21. The highest BCUT2D eigenvalue weighted by atomic mass is 79.9. The van der Waals surface area contributed by atoms with E-state index in [1.54, 1.807) is 36.2 Å². The van der Waals surface area contributed by atoms with Gasteiger partial charge in [0.05, 0.1) is 12.2 Å². The van der Waals surface area contributed by atoms with Crippen LogP contribution in [-0.4, -0.2) is 25.4 Å². The molecule has 3 aromatic rings. The minimum absolute atomic E-state index is 0.0931. The molecule has 0 aliphatic heterocycles. The molecule has 0 bridgehead atoms. The van der Waals surface area contributed by atoms with Gasteiger partial charge in [-0.1, -0.05) is 30.3 Å². The number of nitrogens with zero attached hydrogens (tertiary/aromatic N) is 1. The maximum atomic E-state index is 12.6. The number of halogens is 1. The van der Waals surface area contributed by atoms with E-state index in [4.69, 9.17) is 0 Å². The predicted molar refractivity (Wildman–Crippen MR) is 117 cm³/mol. The molecule has 0 aliphatic carbocycles. The Labute approximate surface area is 172 Å². The second-order valence-corrected chi connectivity index (χ2v) is 7.01. The molecule has 0 saturated carbocycles. The third-order valence-corrected chi connectivity index (χ3v) is 4.87. The third kappa shape index (κ3) is 4.98. The summed E-state index contributed by atoms with van der Waals surface area (Å²) < 4.78 is 0.828. The molecule has 3 aromatic carbocycles. The Balaban J connectivity index is 1.56. The zero-order valence-electron chi connectivity index (χ0n) is 15.4. The SMILES string of the molecule is CN(C(=O)c1ccc(NCC(=O)Nc2ccccc2Br)cc1)c1ccccc1. The van der Waals surface area contributed by atoms with E-state index in [2.05, 4.69) is 26.6 Å². The van der Waals surface area contributed by atoms with Crippen molar-refractivity contribution in [2.45, 2.75) is 0 Å². The van der Waals surface area contributed by atoms with Crippen molar-refractivity contribution in [2.75, 3.05) is 29.1 Å². The van der Waals surface area contributed by atoms with Crippen molar-refractivity contribution in [1.29, 1.82) is 0 Å². The van der Waals surface area contributed by atoms with Crippen LogP contribution >= 0.6 is 15.9 Å². The van der Waals surface area contributed by atoms with Crippen molar-refractivity contribution in [2.24, 2.45) is 0 Å². The van der Waals surface area contributed by atoms with Crippen LogP contribution in [0.25, 0.3) is 0 Å². The molecule has 3 rings (SSSR count). The summed E-state index contributed by atoms with van der Waals surface area (Å²) >= 11 is 3.40. The maximum absolute atomic E-state index is 12.6. The van der Waals surface area contributed by atoms with Gasteiger partial charge in [0, 0.05) is 28.5 Å². The molecule has 0 atom stereocenters. The van der Waals surface area contributed by atoms with E-state index in [0.29, 0.717) is 5.56 Å². The van der Waals surface area contributed by atoms with E-state index in [1.165, 1.54) is 0 Å². The van der Waals surface area contributed by atoms with Crippen molar-refractivity contribution in [1.82, 2.24) is 0 Å². The van der Waals surface area contributed by atoms with Crippen LogP contribution in [0.15, 0.2) is 83.3 Å². The highest BCUT2D eigenvalue weighted by molar-refractivity contribution is 9.10. The molecule has 0 fully saturated rings. The second kappa shape index (κ2) is 9.19. The molecule has 0 heterocycles. The number of carbonyl (C=O) groups is 2. The van der Waals surface area contributed by atoms with Crippen LogP contribution in [0, 0.1) is 0 Å². The zero-order valence-corrected chi connectivity index (χ0v) is 16.9. The molecule has 0 radical (unpaired) electrons. The molecule has 2 N–H and O–H groups in total. The quantitative estimate of drug-likeness (QED) is 0.583. The number of rotatable bonds is 6. The highest BCUT2D eigenvalue weighted by Gasteiger charge is 2.13. The average molecular weight is 438 g/mol. The molecule has 0 unspecified atom stereocenters. The minimum atomic E-state index is -0.157. The fourth-order valence-electron chi connectivity index (χ4n) is 2.63. The Hall–Kier alpha value is -3.12. The van der Waals surface area contributed by atoms with Crippen LogP contribution < -0.4 is 15.5 Å². The van der Waals surface area contributed by atoms with Crippen LogP contribution in [-0.2, 0) is 4.79 Å². The molecule has 0 aromatic heterocycles. The summed E-state index contributed by atoms with van der Waals surface area (Å²) in [6, 6.07) is 24.0. The molecule has 0 aliphatic rings. The standard InChI is InChI=1S/C22H20BrN3O2/c1-26(18-7-3-2-4-8-18)22(28)16-11-13-17(14-12-16)24-15-21(27)25-20-10-6-5-9-19(20)23/h2-14,24H,15H2,1H3,(H,25,27). The summed E-state index contributed by atoms with van der Waals surface area (Å²) in [6.07, 6.45) is 0. The molecule has 0 saturated heterocycles. The van der Waals surface area contributed by atoms with Crippen molar-refractivity contribution in [3.63, 3.8) is 0 Å². The van der Waals surface area contributed by atoms with Gasteiger partial charge in [-0.05, 0) is 64.5 Å². The summed E-state index contributed by atoms with van der Waals surface area (Å²) in [6.45, 7) is 0.124. The van der Waals surface area contributed by atoms with Gasteiger partial charge in [-0.3, -0.25) is 9.59 Å². The summed E-state index contributed by atoms with van der Waals surface area (Å²) in [5.74, 6) is -0.250. The lowest BCUT2D eigenvalue weighted by Crippen LogP contribution is -2.26. The first-order valence-corrected chi connectivity index (χ1v) is 9.55. The summed E-state index contributed by atoms with van der Waals surface area (Å²) in [4.78, 5) is 26.3. The summed E-state index contributed by atoms with van der Waals surface area (Å²) in [5, 5.41) is 5.89. The van der Waals surface area contributed by atoms with Gasteiger partial charge in [0.15, 0.2) is 0 Å². The van der Waals surface area contributed by atoms with Gasteiger partial charge in [0.25, 0.3) is 5.91 Å². The lowest BCUT2D eigenvalue weighted by Gasteiger charge is -2.17. The number of amides is 2. The van der Waals surface area contributed by atoms with Gasteiger partial charge in [-0.15, -0.1) is 0 Å². The van der Waals surface area contributed by atoms with Crippen LogP contribution in [0.5, 0.6) is 0 Å². The first kappa shape index (κ1) is 19.6. The van der Waals surface area contributed by atoms with E-state index in [9.17, 15) is 9.59 Å². The fourth-order valence-corrected chi connectivity index (χ4v) is 3.02. The van der Waals surface area contributed by atoms with E-state index in [-0.39, 0.29) is 18.4 Å². The Morgan fingerprint density at radius 1 is 0.893 bits per heavy atom. The maximum Gasteiger partial charge on any atom is 0.258 e. The van der Waals surface area contributed by atoms with Gasteiger partial charge in [-0.2, -0.15) is 0 Å². The Morgan fingerprint density at radius 2 is 1.54 bits per heavy atom. The van der Waals surface area contributed by atoms with Gasteiger partial charge in [-0.25, -0.2) is 0 Å². The van der Waals surface area contributed by atoms with Crippen LogP contribution in [0.2, 0.25) is 0 Å². The van der Waals surface area contributed by atoms with Gasteiger partial charge < -0.3 is 15.5 Å². The smallest absolute Gasteiger partial charge is 0.258 e. The number of hydrogen-bond donors (Lipinski definition) is 2. The van der Waals surface area contributed by atoms with Crippen molar-refractivity contribution in [3.8, 4) is 0 Å². The van der Waals surface area contributed by atoms with E-state index in [0.717, 1.165) is 21.5 Å². The average Bonchev–Trinajstić information content (AvgIpc) is 2.74. The molecular weight excluding hydrogens is 418 g/mol. The minimum Gasteiger partial charge on any atom is -0.376 e. The van der Waals surface area contributed by atoms with Crippen molar-refractivity contribution >= 4 is 44.8 Å².